The van der Waals surface area contributed by atoms with Gasteiger partial charge in [0.15, 0.2) is 0 Å². The Morgan fingerprint density at radius 2 is 2.06 bits per heavy atom. The maximum absolute atomic E-state index is 12.4. The van der Waals surface area contributed by atoms with Crippen LogP contribution in [-0.4, -0.2) is 31.7 Å². The van der Waals surface area contributed by atoms with Crippen LogP contribution in [0.2, 0.25) is 0 Å². The summed E-state index contributed by atoms with van der Waals surface area (Å²) in [5.74, 6) is 0.115. The van der Waals surface area contributed by atoms with Gasteiger partial charge in [0.1, 0.15) is 0 Å². The summed E-state index contributed by atoms with van der Waals surface area (Å²) in [4.78, 5) is 12.4. The van der Waals surface area contributed by atoms with Crippen molar-refractivity contribution in [2.45, 2.75) is 58.5 Å². The third-order valence-electron chi connectivity index (χ3n) is 3.84. The van der Waals surface area contributed by atoms with E-state index >= 15 is 0 Å². The highest BCUT2D eigenvalue weighted by Crippen LogP contribution is 2.29. The van der Waals surface area contributed by atoms with Gasteiger partial charge in [-0.15, -0.1) is 0 Å². The molecule has 0 spiro atoms. The number of nitrogens with two attached hydrogens (primary N) is 1. The molecule has 0 aromatic carbocycles. The SMILES string of the molecule is CCCC(CN)(CCC)C(=O)NCC1CCCO1. The van der Waals surface area contributed by atoms with E-state index in [-0.39, 0.29) is 17.4 Å². The molecule has 0 saturated carbocycles. The van der Waals surface area contributed by atoms with Crippen molar-refractivity contribution >= 4 is 5.91 Å². The summed E-state index contributed by atoms with van der Waals surface area (Å²) in [6.07, 6.45) is 6.08. The van der Waals surface area contributed by atoms with Gasteiger partial charge in [-0.1, -0.05) is 26.7 Å². The Bertz CT molecular complexity index is 244. The lowest BCUT2D eigenvalue weighted by Crippen LogP contribution is -2.47. The zero-order valence-corrected chi connectivity index (χ0v) is 11.8. The lowest BCUT2D eigenvalue weighted by molar-refractivity contribution is -0.132. The molecule has 0 bridgehead atoms. The minimum atomic E-state index is -0.373. The number of rotatable bonds is 8. The molecule has 4 nitrogen and oxygen atoms in total. The molecule has 1 amide bonds. The summed E-state index contributed by atoms with van der Waals surface area (Å²) in [6.45, 7) is 6.10. The molecule has 0 radical (unpaired) electrons. The Balaban J connectivity index is 2.51. The van der Waals surface area contributed by atoms with Crippen molar-refractivity contribution < 1.29 is 9.53 Å². The van der Waals surface area contributed by atoms with E-state index in [0.29, 0.717) is 13.1 Å². The fourth-order valence-corrected chi connectivity index (χ4v) is 2.81. The minimum absolute atomic E-state index is 0.115. The van der Waals surface area contributed by atoms with Gasteiger partial charge in [0.25, 0.3) is 0 Å². The summed E-state index contributed by atoms with van der Waals surface area (Å²) in [5, 5.41) is 3.04. The molecule has 1 fully saturated rings. The molecule has 1 atom stereocenters. The quantitative estimate of drug-likeness (QED) is 0.696. The fraction of sp³-hybridized carbons (Fsp3) is 0.929. The highest BCUT2D eigenvalue weighted by Gasteiger charge is 2.35. The van der Waals surface area contributed by atoms with Crippen LogP contribution >= 0.6 is 0 Å². The molecule has 4 heteroatoms. The van der Waals surface area contributed by atoms with Crippen molar-refractivity contribution in [1.82, 2.24) is 5.32 Å². The molecule has 1 unspecified atom stereocenters. The molecule has 0 aromatic heterocycles. The van der Waals surface area contributed by atoms with Gasteiger partial charge < -0.3 is 15.8 Å². The summed E-state index contributed by atoms with van der Waals surface area (Å²) in [5.41, 5.74) is 5.50. The molecule has 1 aliphatic rings. The predicted molar refractivity (Wildman–Crippen MR) is 73.3 cm³/mol. The van der Waals surface area contributed by atoms with Crippen molar-refractivity contribution in [3.05, 3.63) is 0 Å². The number of nitrogens with one attached hydrogen (secondary N) is 1. The second-order valence-electron chi connectivity index (χ2n) is 5.33. The number of amides is 1. The van der Waals surface area contributed by atoms with Gasteiger partial charge in [0.2, 0.25) is 5.91 Å². The molecule has 3 N–H and O–H groups in total. The van der Waals surface area contributed by atoms with Gasteiger partial charge in [-0.05, 0) is 25.7 Å². The largest absolute Gasteiger partial charge is 0.376 e. The van der Waals surface area contributed by atoms with Crippen molar-refractivity contribution in [3.8, 4) is 0 Å². The van der Waals surface area contributed by atoms with E-state index in [1.807, 2.05) is 0 Å². The highest BCUT2D eigenvalue weighted by molar-refractivity contribution is 5.82. The first-order valence-electron chi connectivity index (χ1n) is 7.28. The van der Waals surface area contributed by atoms with E-state index in [1.165, 1.54) is 0 Å². The van der Waals surface area contributed by atoms with Crippen LogP contribution in [0.1, 0.15) is 52.4 Å². The van der Waals surface area contributed by atoms with E-state index in [9.17, 15) is 4.79 Å². The number of hydrogen-bond donors (Lipinski definition) is 2. The number of ether oxygens (including phenoxy) is 1. The number of carbonyl (C=O) groups excluding carboxylic acids is 1. The lowest BCUT2D eigenvalue weighted by atomic mass is 9.78. The van der Waals surface area contributed by atoms with Gasteiger partial charge in [0, 0.05) is 19.7 Å². The minimum Gasteiger partial charge on any atom is -0.376 e. The Kier molecular flexibility index (Phi) is 6.65. The van der Waals surface area contributed by atoms with E-state index in [1.54, 1.807) is 0 Å². The molecular formula is C14H28N2O2. The van der Waals surface area contributed by atoms with Crippen molar-refractivity contribution in [3.63, 3.8) is 0 Å². The summed E-state index contributed by atoms with van der Waals surface area (Å²) in [6, 6.07) is 0. The summed E-state index contributed by atoms with van der Waals surface area (Å²) >= 11 is 0. The molecule has 1 saturated heterocycles. The Labute approximate surface area is 111 Å². The maximum Gasteiger partial charge on any atom is 0.227 e. The molecule has 106 valence electrons. The van der Waals surface area contributed by atoms with Crippen LogP contribution < -0.4 is 11.1 Å². The van der Waals surface area contributed by atoms with Crippen LogP contribution in [0.3, 0.4) is 0 Å². The van der Waals surface area contributed by atoms with E-state index in [2.05, 4.69) is 19.2 Å². The monoisotopic (exact) mass is 256 g/mol. The normalized spacial score (nSPS) is 20.1. The second kappa shape index (κ2) is 7.74. The fourth-order valence-electron chi connectivity index (χ4n) is 2.81. The molecule has 18 heavy (non-hydrogen) atoms. The van der Waals surface area contributed by atoms with E-state index in [4.69, 9.17) is 10.5 Å². The zero-order chi connectivity index (χ0) is 13.4. The van der Waals surface area contributed by atoms with Crippen LogP contribution in [0.5, 0.6) is 0 Å². The second-order valence-corrected chi connectivity index (χ2v) is 5.33. The summed E-state index contributed by atoms with van der Waals surface area (Å²) in [7, 11) is 0. The zero-order valence-electron chi connectivity index (χ0n) is 11.8. The van der Waals surface area contributed by atoms with Crippen LogP contribution in [0.4, 0.5) is 0 Å². The van der Waals surface area contributed by atoms with E-state index < -0.39 is 0 Å². The Hall–Kier alpha value is -0.610. The first-order chi connectivity index (χ1) is 8.68. The lowest BCUT2D eigenvalue weighted by Gasteiger charge is -2.31. The molecule has 1 aliphatic heterocycles. The van der Waals surface area contributed by atoms with E-state index in [0.717, 1.165) is 45.1 Å². The maximum atomic E-state index is 12.4. The molecule has 0 aromatic rings. The topological polar surface area (TPSA) is 64.4 Å². The first-order valence-corrected chi connectivity index (χ1v) is 7.28. The van der Waals surface area contributed by atoms with Gasteiger partial charge in [-0.2, -0.15) is 0 Å². The average molecular weight is 256 g/mol. The van der Waals surface area contributed by atoms with Crippen molar-refractivity contribution in [2.24, 2.45) is 11.1 Å². The molecule has 1 heterocycles. The van der Waals surface area contributed by atoms with Crippen LogP contribution in [-0.2, 0) is 9.53 Å². The van der Waals surface area contributed by atoms with Crippen molar-refractivity contribution in [1.29, 1.82) is 0 Å². The average Bonchev–Trinajstić information content (AvgIpc) is 2.88. The Morgan fingerprint density at radius 3 is 2.50 bits per heavy atom. The van der Waals surface area contributed by atoms with Crippen LogP contribution in [0, 0.1) is 5.41 Å². The molecule has 0 aliphatic carbocycles. The van der Waals surface area contributed by atoms with Crippen LogP contribution in [0.15, 0.2) is 0 Å². The van der Waals surface area contributed by atoms with Gasteiger partial charge >= 0.3 is 0 Å². The number of hydrogen-bond acceptors (Lipinski definition) is 3. The standard InChI is InChI=1S/C14H28N2O2/c1-3-7-14(11-15,8-4-2)13(17)16-10-12-6-5-9-18-12/h12H,3-11,15H2,1-2H3,(H,16,17). The highest BCUT2D eigenvalue weighted by atomic mass is 16.5. The Morgan fingerprint density at radius 1 is 1.39 bits per heavy atom. The third kappa shape index (κ3) is 3.95. The van der Waals surface area contributed by atoms with Crippen LogP contribution in [0.25, 0.3) is 0 Å². The molecule has 1 rings (SSSR count). The van der Waals surface area contributed by atoms with Gasteiger partial charge in [-0.3, -0.25) is 4.79 Å². The predicted octanol–water partition coefficient (Wildman–Crippen LogP) is 1.83. The third-order valence-corrected chi connectivity index (χ3v) is 3.84. The van der Waals surface area contributed by atoms with Crippen molar-refractivity contribution in [2.75, 3.05) is 19.7 Å². The first kappa shape index (κ1) is 15.4. The van der Waals surface area contributed by atoms with Gasteiger partial charge in [0.05, 0.1) is 11.5 Å². The smallest absolute Gasteiger partial charge is 0.227 e. The molecular weight excluding hydrogens is 228 g/mol. The summed E-state index contributed by atoms with van der Waals surface area (Å²) < 4.78 is 5.52. The number of carbonyl (C=O) groups is 1. The van der Waals surface area contributed by atoms with Gasteiger partial charge in [-0.25, -0.2) is 0 Å².